The van der Waals surface area contributed by atoms with Gasteiger partial charge in [0.25, 0.3) is 5.91 Å². The van der Waals surface area contributed by atoms with E-state index in [9.17, 15) is 4.79 Å². The molecule has 1 unspecified atom stereocenters. The molecular weight excluding hydrogens is 258 g/mol. The maximum atomic E-state index is 12.4. The van der Waals surface area contributed by atoms with Crippen LogP contribution in [0.5, 0.6) is 0 Å². The Labute approximate surface area is 118 Å². The van der Waals surface area contributed by atoms with Gasteiger partial charge >= 0.3 is 0 Å². The Morgan fingerprint density at radius 3 is 2.79 bits per heavy atom. The van der Waals surface area contributed by atoms with Crippen LogP contribution in [-0.4, -0.2) is 49.0 Å². The first-order valence-electron chi connectivity index (χ1n) is 6.46. The van der Waals surface area contributed by atoms with Gasteiger partial charge in [-0.2, -0.15) is 11.8 Å². The number of amides is 1. The van der Waals surface area contributed by atoms with Gasteiger partial charge in [-0.1, -0.05) is 6.92 Å². The molecule has 2 N–H and O–H groups in total. The number of carbonyl (C=O) groups is 1. The summed E-state index contributed by atoms with van der Waals surface area (Å²) in [6.07, 6.45) is 0. The lowest BCUT2D eigenvalue weighted by Gasteiger charge is -2.30. The highest BCUT2D eigenvalue weighted by molar-refractivity contribution is 7.99. The number of rotatable bonds is 2. The zero-order valence-electron chi connectivity index (χ0n) is 11.7. The fourth-order valence-electron chi connectivity index (χ4n) is 2.28. The summed E-state index contributed by atoms with van der Waals surface area (Å²) in [7, 11) is 3.88. The first-order chi connectivity index (χ1) is 8.99. The molecule has 104 valence electrons. The number of benzene rings is 1. The molecular formula is C14H21N3OS. The molecule has 0 bridgehead atoms. The molecule has 1 saturated heterocycles. The van der Waals surface area contributed by atoms with Crippen LogP contribution in [-0.2, 0) is 0 Å². The van der Waals surface area contributed by atoms with Crippen LogP contribution >= 0.6 is 11.8 Å². The zero-order valence-corrected chi connectivity index (χ0v) is 12.5. The largest absolute Gasteiger partial charge is 0.397 e. The minimum atomic E-state index is 0.0872. The van der Waals surface area contributed by atoms with Crippen molar-refractivity contribution >= 4 is 29.0 Å². The van der Waals surface area contributed by atoms with Crippen molar-refractivity contribution in [3.05, 3.63) is 23.8 Å². The summed E-state index contributed by atoms with van der Waals surface area (Å²) in [5, 5.41) is 0.510. The topological polar surface area (TPSA) is 49.6 Å². The molecule has 19 heavy (non-hydrogen) atoms. The molecule has 5 heteroatoms. The van der Waals surface area contributed by atoms with Gasteiger partial charge in [-0.25, -0.2) is 0 Å². The predicted octanol–water partition coefficient (Wildman–Crippen LogP) is 1.91. The number of carbonyl (C=O) groups excluding carboxylic acids is 1. The summed E-state index contributed by atoms with van der Waals surface area (Å²) in [5.41, 5.74) is 8.28. The van der Waals surface area contributed by atoms with Gasteiger partial charge in [0, 0.05) is 43.8 Å². The SMILES string of the molecule is CC1CN(C(=O)c2ccc(N(C)C)c(N)c2)CCS1. The van der Waals surface area contributed by atoms with E-state index in [1.807, 2.05) is 47.8 Å². The molecule has 0 spiro atoms. The van der Waals surface area contributed by atoms with E-state index in [0.29, 0.717) is 16.5 Å². The first kappa shape index (κ1) is 14.1. The van der Waals surface area contributed by atoms with Gasteiger partial charge in [0.05, 0.1) is 11.4 Å². The second-order valence-electron chi connectivity index (χ2n) is 5.10. The third-order valence-electron chi connectivity index (χ3n) is 3.28. The van der Waals surface area contributed by atoms with E-state index in [4.69, 9.17) is 5.73 Å². The van der Waals surface area contributed by atoms with Crippen LogP contribution in [0.1, 0.15) is 17.3 Å². The Morgan fingerprint density at radius 2 is 2.21 bits per heavy atom. The lowest BCUT2D eigenvalue weighted by molar-refractivity contribution is 0.0763. The van der Waals surface area contributed by atoms with Gasteiger partial charge in [0.2, 0.25) is 0 Å². The van der Waals surface area contributed by atoms with Crippen molar-refractivity contribution < 1.29 is 4.79 Å². The summed E-state index contributed by atoms with van der Waals surface area (Å²) >= 11 is 1.92. The summed E-state index contributed by atoms with van der Waals surface area (Å²) < 4.78 is 0. The van der Waals surface area contributed by atoms with E-state index < -0.39 is 0 Å². The number of nitrogens with two attached hydrogens (primary N) is 1. The highest BCUT2D eigenvalue weighted by Crippen LogP contribution is 2.24. The third-order valence-corrected chi connectivity index (χ3v) is 4.42. The number of nitrogen functional groups attached to an aromatic ring is 1. The molecule has 1 aromatic carbocycles. The van der Waals surface area contributed by atoms with Crippen molar-refractivity contribution in [2.45, 2.75) is 12.2 Å². The zero-order chi connectivity index (χ0) is 14.0. The van der Waals surface area contributed by atoms with E-state index >= 15 is 0 Å². The van der Waals surface area contributed by atoms with E-state index in [1.54, 1.807) is 6.07 Å². The smallest absolute Gasteiger partial charge is 0.253 e. The molecule has 1 aliphatic rings. The standard InChI is InChI=1S/C14H21N3OS/c1-10-9-17(6-7-19-10)14(18)11-4-5-13(16(2)3)12(15)8-11/h4-5,8,10H,6-7,9,15H2,1-3H3. The van der Waals surface area contributed by atoms with Gasteiger partial charge < -0.3 is 15.5 Å². The molecule has 1 aromatic rings. The number of anilines is 2. The lowest BCUT2D eigenvalue weighted by Crippen LogP contribution is -2.41. The van der Waals surface area contributed by atoms with Gasteiger partial charge in [0.1, 0.15) is 0 Å². The van der Waals surface area contributed by atoms with Crippen molar-refractivity contribution in [1.82, 2.24) is 4.90 Å². The molecule has 1 amide bonds. The minimum absolute atomic E-state index is 0.0872. The Bertz CT molecular complexity index is 476. The Kier molecular flexibility index (Phi) is 4.24. The van der Waals surface area contributed by atoms with E-state index in [0.717, 1.165) is 24.5 Å². The molecule has 1 heterocycles. The van der Waals surface area contributed by atoms with Crippen LogP contribution in [0, 0.1) is 0 Å². The highest BCUT2D eigenvalue weighted by atomic mass is 32.2. The van der Waals surface area contributed by atoms with Crippen LogP contribution in [0.25, 0.3) is 0 Å². The number of nitrogens with zero attached hydrogens (tertiary/aromatic N) is 2. The Hall–Kier alpha value is -1.36. The van der Waals surface area contributed by atoms with Crippen molar-refractivity contribution in [3.8, 4) is 0 Å². The van der Waals surface area contributed by atoms with E-state index in [-0.39, 0.29) is 5.91 Å². The van der Waals surface area contributed by atoms with Crippen LogP contribution < -0.4 is 10.6 Å². The fourth-order valence-corrected chi connectivity index (χ4v) is 3.29. The molecule has 1 aliphatic heterocycles. The number of thioether (sulfide) groups is 1. The fraction of sp³-hybridized carbons (Fsp3) is 0.500. The molecule has 1 fully saturated rings. The van der Waals surface area contributed by atoms with Crippen molar-refractivity contribution in [1.29, 1.82) is 0 Å². The lowest BCUT2D eigenvalue weighted by atomic mass is 10.1. The normalized spacial score (nSPS) is 19.3. The van der Waals surface area contributed by atoms with E-state index in [1.165, 1.54) is 0 Å². The molecule has 1 atom stereocenters. The monoisotopic (exact) mass is 279 g/mol. The summed E-state index contributed by atoms with van der Waals surface area (Å²) in [4.78, 5) is 16.3. The van der Waals surface area contributed by atoms with Crippen LogP contribution in [0.4, 0.5) is 11.4 Å². The third kappa shape index (κ3) is 3.15. The number of hydrogen-bond acceptors (Lipinski definition) is 4. The van der Waals surface area contributed by atoms with Gasteiger partial charge in [-0.3, -0.25) is 4.79 Å². The number of hydrogen-bond donors (Lipinski definition) is 1. The van der Waals surface area contributed by atoms with Crippen LogP contribution in [0.15, 0.2) is 18.2 Å². The quantitative estimate of drug-likeness (QED) is 0.840. The average molecular weight is 279 g/mol. The molecule has 0 aliphatic carbocycles. The summed E-state index contributed by atoms with van der Waals surface area (Å²) in [6, 6.07) is 5.55. The van der Waals surface area contributed by atoms with Crippen molar-refractivity contribution in [2.24, 2.45) is 0 Å². The summed E-state index contributed by atoms with van der Waals surface area (Å²) in [5.74, 6) is 1.10. The minimum Gasteiger partial charge on any atom is -0.397 e. The van der Waals surface area contributed by atoms with Gasteiger partial charge in [0.15, 0.2) is 0 Å². The summed E-state index contributed by atoms with van der Waals surface area (Å²) in [6.45, 7) is 3.80. The first-order valence-corrected chi connectivity index (χ1v) is 7.51. The molecule has 0 radical (unpaired) electrons. The molecule has 0 saturated carbocycles. The second-order valence-corrected chi connectivity index (χ2v) is 6.65. The second kappa shape index (κ2) is 5.74. The maximum Gasteiger partial charge on any atom is 0.253 e. The molecule has 0 aromatic heterocycles. The van der Waals surface area contributed by atoms with Crippen LogP contribution in [0.2, 0.25) is 0 Å². The van der Waals surface area contributed by atoms with Crippen molar-refractivity contribution in [3.63, 3.8) is 0 Å². The highest BCUT2D eigenvalue weighted by Gasteiger charge is 2.22. The average Bonchev–Trinajstić information content (AvgIpc) is 2.37. The Morgan fingerprint density at radius 1 is 1.47 bits per heavy atom. The van der Waals surface area contributed by atoms with Gasteiger partial charge in [-0.05, 0) is 18.2 Å². The molecule has 2 rings (SSSR count). The maximum absolute atomic E-state index is 12.4. The predicted molar refractivity (Wildman–Crippen MR) is 83.0 cm³/mol. The van der Waals surface area contributed by atoms with Crippen molar-refractivity contribution in [2.75, 3.05) is 43.6 Å². The Balaban J connectivity index is 2.17. The molecule has 4 nitrogen and oxygen atoms in total. The van der Waals surface area contributed by atoms with Crippen LogP contribution in [0.3, 0.4) is 0 Å². The van der Waals surface area contributed by atoms with Gasteiger partial charge in [-0.15, -0.1) is 0 Å². The van der Waals surface area contributed by atoms with E-state index in [2.05, 4.69) is 6.92 Å².